The summed E-state index contributed by atoms with van der Waals surface area (Å²) >= 11 is 7.75. The third-order valence-electron chi connectivity index (χ3n) is 6.45. The number of aromatic nitrogens is 2. The minimum Gasteiger partial charge on any atom is -0.495 e. The van der Waals surface area contributed by atoms with Crippen LogP contribution >= 0.6 is 22.9 Å². The van der Waals surface area contributed by atoms with E-state index in [4.69, 9.17) is 21.3 Å². The minimum absolute atomic E-state index is 0.106. The van der Waals surface area contributed by atoms with Crippen LogP contribution in [0.3, 0.4) is 0 Å². The number of nitrogens with zero attached hydrogens (tertiary/aromatic N) is 3. The van der Waals surface area contributed by atoms with Crippen LogP contribution in [0.25, 0.3) is 10.2 Å². The first-order valence-corrected chi connectivity index (χ1v) is 12.6. The largest absolute Gasteiger partial charge is 0.495 e. The lowest BCUT2D eigenvalue weighted by molar-refractivity contribution is -0.116. The van der Waals surface area contributed by atoms with Gasteiger partial charge in [-0.1, -0.05) is 11.6 Å². The van der Waals surface area contributed by atoms with Crippen molar-refractivity contribution >= 4 is 44.7 Å². The maximum Gasteiger partial charge on any atom is 0.263 e. The second kappa shape index (κ2) is 9.44. The molecule has 1 fully saturated rings. The molecule has 0 radical (unpaired) electrons. The number of benzene rings is 1. The number of halogens is 1. The Bertz CT molecular complexity index is 1260. The highest BCUT2D eigenvalue weighted by molar-refractivity contribution is 7.18. The molecule has 1 aliphatic heterocycles. The summed E-state index contributed by atoms with van der Waals surface area (Å²) in [7, 11) is 1.54. The van der Waals surface area contributed by atoms with E-state index in [0.717, 1.165) is 62.0 Å². The molecule has 3 heterocycles. The number of amides is 1. The Labute approximate surface area is 201 Å². The number of methoxy groups -OCH3 is 1. The van der Waals surface area contributed by atoms with Gasteiger partial charge in [-0.05, 0) is 75.4 Å². The summed E-state index contributed by atoms with van der Waals surface area (Å²) < 4.78 is 6.90. The number of anilines is 1. The predicted octanol–water partition coefficient (Wildman–Crippen LogP) is 4.23. The van der Waals surface area contributed by atoms with Gasteiger partial charge in [0, 0.05) is 9.90 Å². The Morgan fingerprint density at radius 2 is 2.00 bits per heavy atom. The Morgan fingerprint density at radius 1 is 1.21 bits per heavy atom. The van der Waals surface area contributed by atoms with Gasteiger partial charge in [0.05, 0.1) is 24.7 Å². The number of likely N-dealkylation sites (tertiary alicyclic amines) is 1. The van der Waals surface area contributed by atoms with Gasteiger partial charge >= 0.3 is 0 Å². The number of rotatable bonds is 6. The summed E-state index contributed by atoms with van der Waals surface area (Å²) in [5.41, 5.74) is 1.50. The van der Waals surface area contributed by atoms with E-state index < -0.39 is 0 Å². The number of hydrogen-bond donors (Lipinski definition) is 1. The van der Waals surface area contributed by atoms with E-state index in [-0.39, 0.29) is 18.0 Å². The molecule has 1 amide bonds. The topological polar surface area (TPSA) is 76.5 Å². The summed E-state index contributed by atoms with van der Waals surface area (Å²) in [5.74, 6) is 0.852. The van der Waals surface area contributed by atoms with Crippen molar-refractivity contribution in [1.82, 2.24) is 14.5 Å². The Hall–Kier alpha value is -2.42. The molecule has 9 heteroatoms. The van der Waals surface area contributed by atoms with Crippen LogP contribution in [0.15, 0.2) is 23.0 Å². The van der Waals surface area contributed by atoms with Gasteiger partial charge in [0.15, 0.2) is 0 Å². The summed E-state index contributed by atoms with van der Waals surface area (Å²) in [4.78, 5) is 36.1. The van der Waals surface area contributed by atoms with Crippen molar-refractivity contribution in [3.05, 3.63) is 49.8 Å². The number of thiophene rings is 1. The average Bonchev–Trinajstić information content (AvgIpc) is 3.44. The molecule has 0 spiro atoms. The van der Waals surface area contributed by atoms with E-state index in [1.807, 2.05) is 0 Å². The van der Waals surface area contributed by atoms with Crippen LogP contribution in [-0.2, 0) is 30.7 Å². The molecule has 1 saturated heterocycles. The lowest BCUT2D eigenvalue weighted by atomic mass is 9.97. The third kappa shape index (κ3) is 4.52. The first-order valence-electron chi connectivity index (χ1n) is 11.4. The van der Waals surface area contributed by atoms with Crippen molar-refractivity contribution in [2.24, 2.45) is 0 Å². The maximum absolute atomic E-state index is 13.7. The quantitative estimate of drug-likeness (QED) is 0.564. The van der Waals surface area contributed by atoms with Crippen molar-refractivity contribution < 1.29 is 9.53 Å². The molecule has 1 N–H and O–H groups in total. The highest BCUT2D eigenvalue weighted by Crippen LogP contribution is 2.34. The second-order valence-corrected chi connectivity index (χ2v) is 10.2. The molecule has 0 unspecified atom stereocenters. The standard InChI is InChI=1S/C24H27ClN4O3S/c1-32-18-9-8-15(25)12-17(18)26-21(30)14-29-20(13-28-10-4-5-11-28)27-23-22(24(29)31)16-6-2-3-7-19(16)33-23/h8-9,12H,2-7,10-11,13-14H2,1H3,(H,26,30). The van der Waals surface area contributed by atoms with E-state index in [1.54, 1.807) is 34.1 Å². The van der Waals surface area contributed by atoms with E-state index in [9.17, 15) is 9.59 Å². The smallest absolute Gasteiger partial charge is 0.263 e. The fraction of sp³-hybridized carbons (Fsp3) is 0.458. The summed E-state index contributed by atoms with van der Waals surface area (Å²) in [5, 5.41) is 4.05. The van der Waals surface area contributed by atoms with Crippen molar-refractivity contribution in [2.75, 3.05) is 25.5 Å². The predicted molar refractivity (Wildman–Crippen MR) is 132 cm³/mol. The van der Waals surface area contributed by atoms with Gasteiger partial charge in [-0.25, -0.2) is 4.98 Å². The number of carbonyl (C=O) groups excluding carboxylic acids is 1. The molecule has 3 aromatic rings. The van der Waals surface area contributed by atoms with E-state index in [0.29, 0.717) is 34.2 Å². The highest BCUT2D eigenvalue weighted by Gasteiger charge is 2.24. The van der Waals surface area contributed by atoms with Gasteiger partial charge in [0.2, 0.25) is 5.91 Å². The van der Waals surface area contributed by atoms with Gasteiger partial charge in [0.25, 0.3) is 5.56 Å². The molecule has 0 bridgehead atoms. The normalized spacial score (nSPS) is 16.2. The molecule has 2 aromatic heterocycles. The van der Waals surface area contributed by atoms with Gasteiger partial charge in [0.1, 0.15) is 22.9 Å². The molecule has 33 heavy (non-hydrogen) atoms. The zero-order valence-electron chi connectivity index (χ0n) is 18.7. The van der Waals surface area contributed by atoms with Crippen LogP contribution in [0, 0.1) is 0 Å². The molecular formula is C24H27ClN4O3S. The fourth-order valence-corrected chi connectivity index (χ4v) is 6.26. The molecule has 0 atom stereocenters. The SMILES string of the molecule is COc1ccc(Cl)cc1NC(=O)Cn1c(CN2CCCC2)nc2sc3c(c2c1=O)CCCC3. The van der Waals surface area contributed by atoms with Crippen molar-refractivity contribution in [3.8, 4) is 5.75 Å². The van der Waals surface area contributed by atoms with Crippen LogP contribution in [0.1, 0.15) is 41.9 Å². The second-order valence-electron chi connectivity index (χ2n) is 8.69. The number of hydrogen-bond acceptors (Lipinski definition) is 6. The minimum atomic E-state index is -0.314. The van der Waals surface area contributed by atoms with E-state index >= 15 is 0 Å². The van der Waals surface area contributed by atoms with Crippen LogP contribution in [0.4, 0.5) is 5.69 Å². The Morgan fingerprint density at radius 3 is 2.79 bits per heavy atom. The molecule has 5 rings (SSSR count). The average molecular weight is 487 g/mol. The maximum atomic E-state index is 13.7. The Balaban J connectivity index is 1.52. The van der Waals surface area contributed by atoms with Crippen LogP contribution < -0.4 is 15.6 Å². The zero-order chi connectivity index (χ0) is 22.9. The molecule has 0 saturated carbocycles. The van der Waals surface area contributed by atoms with Crippen molar-refractivity contribution in [2.45, 2.75) is 51.6 Å². The van der Waals surface area contributed by atoms with Gasteiger partial charge in [-0.3, -0.25) is 19.1 Å². The lowest BCUT2D eigenvalue weighted by Crippen LogP contribution is -2.34. The summed E-state index contributed by atoms with van der Waals surface area (Å²) in [6, 6.07) is 5.04. The number of nitrogens with one attached hydrogen (secondary N) is 1. The summed E-state index contributed by atoms with van der Waals surface area (Å²) in [6.07, 6.45) is 6.45. The number of ether oxygens (including phenoxy) is 1. The molecular weight excluding hydrogens is 460 g/mol. The first kappa shape index (κ1) is 22.4. The van der Waals surface area contributed by atoms with E-state index in [1.165, 1.54) is 12.0 Å². The molecule has 1 aliphatic carbocycles. The van der Waals surface area contributed by atoms with Crippen LogP contribution in [0.5, 0.6) is 5.75 Å². The molecule has 174 valence electrons. The first-order chi connectivity index (χ1) is 16.0. The van der Waals surface area contributed by atoms with Crippen molar-refractivity contribution in [3.63, 3.8) is 0 Å². The van der Waals surface area contributed by atoms with Gasteiger partial charge in [-0.2, -0.15) is 0 Å². The fourth-order valence-electron chi connectivity index (χ4n) is 4.82. The van der Waals surface area contributed by atoms with Gasteiger partial charge < -0.3 is 10.1 Å². The number of aryl methyl sites for hydroxylation is 2. The van der Waals surface area contributed by atoms with Crippen molar-refractivity contribution in [1.29, 1.82) is 0 Å². The monoisotopic (exact) mass is 486 g/mol. The number of carbonyl (C=O) groups is 1. The summed E-state index contributed by atoms with van der Waals surface area (Å²) in [6.45, 7) is 2.44. The van der Waals surface area contributed by atoms with Crippen LogP contribution in [0.2, 0.25) is 5.02 Å². The third-order valence-corrected chi connectivity index (χ3v) is 7.88. The van der Waals surface area contributed by atoms with E-state index in [2.05, 4.69) is 10.2 Å². The molecule has 1 aromatic carbocycles. The Kier molecular flexibility index (Phi) is 6.40. The molecule has 7 nitrogen and oxygen atoms in total. The lowest BCUT2D eigenvalue weighted by Gasteiger charge is -2.19. The highest BCUT2D eigenvalue weighted by atomic mass is 35.5. The van der Waals surface area contributed by atoms with Crippen LogP contribution in [-0.4, -0.2) is 40.6 Å². The molecule has 2 aliphatic rings. The zero-order valence-corrected chi connectivity index (χ0v) is 20.2. The van der Waals surface area contributed by atoms with Gasteiger partial charge in [-0.15, -0.1) is 11.3 Å². The number of fused-ring (bicyclic) bond motifs is 3.